The van der Waals surface area contributed by atoms with Gasteiger partial charge in [0.2, 0.25) is 0 Å². The number of aliphatic hydroxyl groups excluding tert-OH is 1. The van der Waals surface area contributed by atoms with Crippen molar-refractivity contribution in [2.45, 2.75) is 5.44 Å². The van der Waals surface area contributed by atoms with E-state index >= 15 is 0 Å². The van der Waals surface area contributed by atoms with E-state index < -0.39 is 15.6 Å². The number of pyridine rings is 1. The number of hydrogen-bond acceptors (Lipinski definition) is 5. The van der Waals surface area contributed by atoms with Gasteiger partial charge < -0.3 is 9.66 Å². The molecule has 1 unspecified atom stereocenters. The molecule has 18 heavy (non-hydrogen) atoms. The normalized spacial score (nSPS) is 13.1. The van der Waals surface area contributed by atoms with Crippen molar-refractivity contribution in [3.8, 4) is 0 Å². The molecule has 0 spiro atoms. The van der Waals surface area contributed by atoms with Crippen LogP contribution in [0.4, 0.5) is 0 Å². The first-order chi connectivity index (χ1) is 7.91. The van der Waals surface area contributed by atoms with Crippen LogP contribution in [0.5, 0.6) is 0 Å². The Hall–Kier alpha value is -0.0200. The minimum absolute atomic E-state index is 0. The van der Waals surface area contributed by atoms with Gasteiger partial charge in [0.25, 0.3) is 0 Å². The van der Waals surface area contributed by atoms with E-state index in [4.69, 9.17) is 0 Å². The van der Waals surface area contributed by atoms with Crippen molar-refractivity contribution in [1.82, 2.24) is 4.98 Å². The van der Waals surface area contributed by atoms with E-state index in [9.17, 15) is 18.1 Å². The molecule has 2 aromatic rings. The van der Waals surface area contributed by atoms with Crippen molar-refractivity contribution in [1.29, 1.82) is 0 Å². The fourth-order valence-corrected chi connectivity index (χ4v) is 2.47. The Morgan fingerprint density at radius 3 is 2.61 bits per heavy atom. The third kappa shape index (κ3) is 3.11. The Labute approximate surface area is 134 Å². The van der Waals surface area contributed by atoms with Gasteiger partial charge in [-0.15, -0.1) is 0 Å². The summed E-state index contributed by atoms with van der Waals surface area (Å²) in [5, 5.41) is 10.1. The van der Waals surface area contributed by atoms with Gasteiger partial charge in [-0.05, 0) is 12.1 Å². The quantitative estimate of drug-likeness (QED) is 0.533. The maximum atomic E-state index is 10.8. The van der Waals surface area contributed by atoms with E-state index in [1.54, 1.807) is 18.2 Å². The zero-order chi connectivity index (χ0) is 12.6. The van der Waals surface area contributed by atoms with Crippen LogP contribution in [-0.2, 0) is 10.1 Å². The summed E-state index contributed by atoms with van der Waals surface area (Å²) in [6, 6.07) is 6.31. The zero-order valence-electron chi connectivity index (χ0n) is 9.37. The Bertz CT molecular complexity index is 677. The Morgan fingerprint density at radius 1 is 1.33 bits per heavy atom. The van der Waals surface area contributed by atoms with Crippen LogP contribution in [-0.4, -0.2) is 23.1 Å². The summed E-state index contributed by atoms with van der Waals surface area (Å²) in [4.78, 5) is 3.98. The van der Waals surface area contributed by atoms with Crippen LogP contribution in [0.25, 0.3) is 10.9 Å². The average molecular weight is 340 g/mol. The molecule has 5 nitrogen and oxygen atoms in total. The van der Waals surface area contributed by atoms with Gasteiger partial charge in [-0.25, -0.2) is 8.42 Å². The summed E-state index contributed by atoms with van der Waals surface area (Å²) in [6.45, 7) is 0. The van der Waals surface area contributed by atoms with Gasteiger partial charge in [0.15, 0.2) is 5.44 Å². The molecule has 1 heterocycles. The summed E-state index contributed by atoms with van der Waals surface area (Å²) in [5.74, 6) is 0. The number of nitrogens with zero attached hydrogens (tertiary/aromatic N) is 1. The van der Waals surface area contributed by atoms with E-state index in [0.29, 0.717) is 9.86 Å². The molecule has 0 aliphatic carbocycles. The second-order valence-electron chi connectivity index (χ2n) is 3.38. The maximum Gasteiger partial charge on any atom is 1.00 e. The fourth-order valence-electron chi connectivity index (χ4n) is 1.51. The van der Waals surface area contributed by atoms with E-state index in [1.165, 1.54) is 12.3 Å². The molecule has 0 amide bonds. The number of rotatable bonds is 2. The van der Waals surface area contributed by atoms with Crippen molar-refractivity contribution in [3.63, 3.8) is 0 Å². The molecular formula is C10H7BrNNaO4S. The van der Waals surface area contributed by atoms with E-state index in [-0.39, 0.29) is 40.6 Å². The van der Waals surface area contributed by atoms with Crippen molar-refractivity contribution < 1.29 is 47.6 Å². The molecule has 0 radical (unpaired) electrons. The van der Waals surface area contributed by atoms with Gasteiger partial charge in [0.1, 0.15) is 10.1 Å². The standard InChI is InChI=1S/C10H8BrNO4S.Na/c11-8-4-3-7(10(13)17(14,15)16)9-6(8)2-1-5-12-9;/h1-5,10,13H,(H,14,15,16);/q;+1/p-1. The van der Waals surface area contributed by atoms with Crippen LogP contribution >= 0.6 is 15.9 Å². The Kier molecular flexibility index (Phi) is 5.31. The molecule has 1 atom stereocenters. The predicted octanol–water partition coefficient (Wildman–Crippen LogP) is -1.46. The number of aromatic nitrogens is 1. The van der Waals surface area contributed by atoms with Crippen LogP contribution in [0.1, 0.15) is 11.0 Å². The molecule has 8 heteroatoms. The van der Waals surface area contributed by atoms with Gasteiger partial charge in [-0.1, -0.05) is 28.1 Å². The molecule has 0 bridgehead atoms. The number of benzene rings is 1. The molecular weight excluding hydrogens is 333 g/mol. The molecule has 0 saturated carbocycles. The zero-order valence-corrected chi connectivity index (χ0v) is 13.8. The minimum Gasteiger partial charge on any atom is -0.746 e. The largest absolute Gasteiger partial charge is 1.00 e. The first-order valence-electron chi connectivity index (χ1n) is 4.57. The predicted molar refractivity (Wildman–Crippen MR) is 64.1 cm³/mol. The van der Waals surface area contributed by atoms with Gasteiger partial charge in [-0.3, -0.25) is 4.98 Å². The molecule has 0 fully saturated rings. The number of halogens is 1. The van der Waals surface area contributed by atoms with Gasteiger partial charge in [0.05, 0.1) is 5.52 Å². The van der Waals surface area contributed by atoms with Gasteiger partial charge in [0, 0.05) is 21.6 Å². The summed E-state index contributed by atoms with van der Waals surface area (Å²) in [6.07, 6.45) is 1.46. The smallest absolute Gasteiger partial charge is 0.746 e. The second-order valence-corrected chi connectivity index (χ2v) is 5.67. The minimum atomic E-state index is -4.81. The Morgan fingerprint density at radius 2 is 2.00 bits per heavy atom. The summed E-state index contributed by atoms with van der Waals surface area (Å²) in [5.41, 5.74) is -1.83. The van der Waals surface area contributed by atoms with Crippen LogP contribution < -0.4 is 29.6 Å². The van der Waals surface area contributed by atoms with Crippen LogP contribution in [0.3, 0.4) is 0 Å². The molecule has 90 valence electrons. The second kappa shape index (κ2) is 5.96. The van der Waals surface area contributed by atoms with Crippen molar-refractivity contribution in [2.75, 3.05) is 0 Å². The maximum absolute atomic E-state index is 10.8. The molecule has 2 rings (SSSR count). The van der Waals surface area contributed by atoms with Crippen LogP contribution in [0.15, 0.2) is 34.9 Å². The topological polar surface area (TPSA) is 90.3 Å². The first-order valence-corrected chi connectivity index (χ1v) is 6.83. The molecule has 0 aliphatic rings. The van der Waals surface area contributed by atoms with Crippen molar-refractivity contribution >= 4 is 37.0 Å². The SMILES string of the molecule is O=S(=O)([O-])C(O)c1ccc(Br)c2cccnc12.[Na+]. The van der Waals surface area contributed by atoms with Crippen LogP contribution in [0.2, 0.25) is 0 Å². The molecule has 0 saturated heterocycles. The number of hydrogen-bond donors (Lipinski definition) is 1. The third-order valence-corrected chi connectivity index (χ3v) is 3.78. The van der Waals surface area contributed by atoms with Crippen molar-refractivity contribution in [3.05, 3.63) is 40.5 Å². The monoisotopic (exact) mass is 339 g/mol. The van der Waals surface area contributed by atoms with Gasteiger partial charge >= 0.3 is 29.6 Å². The molecule has 1 N–H and O–H groups in total. The van der Waals surface area contributed by atoms with E-state index in [1.807, 2.05) is 0 Å². The number of fused-ring (bicyclic) bond motifs is 1. The first kappa shape index (κ1) is 16.0. The Balaban J connectivity index is 0.00000162. The van der Waals surface area contributed by atoms with Crippen LogP contribution in [0, 0.1) is 0 Å². The summed E-state index contributed by atoms with van der Waals surface area (Å²) in [7, 11) is -4.81. The summed E-state index contributed by atoms with van der Waals surface area (Å²) >= 11 is 3.28. The van der Waals surface area contributed by atoms with Crippen molar-refractivity contribution in [2.24, 2.45) is 0 Å². The average Bonchev–Trinajstić information content (AvgIpc) is 2.28. The molecule has 1 aromatic heterocycles. The van der Waals surface area contributed by atoms with Gasteiger partial charge in [-0.2, -0.15) is 0 Å². The molecule has 0 aliphatic heterocycles. The van der Waals surface area contributed by atoms with E-state index in [2.05, 4.69) is 20.9 Å². The molecule has 1 aromatic carbocycles. The number of aliphatic hydroxyl groups is 1. The third-order valence-electron chi connectivity index (χ3n) is 2.29. The fraction of sp³-hybridized carbons (Fsp3) is 0.100. The van der Waals surface area contributed by atoms with E-state index in [0.717, 1.165) is 0 Å². The summed E-state index contributed by atoms with van der Waals surface area (Å²) < 4.78 is 33.2.